The summed E-state index contributed by atoms with van der Waals surface area (Å²) in [6, 6.07) is 3.49. The smallest absolute Gasteiger partial charge is 0.247 e. The van der Waals surface area contributed by atoms with Crippen molar-refractivity contribution in [2.24, 2.45) is 5.92 Å². The van der Waals surface area contributed by atoms with E-state index in [0.717, 1.165) is 51.4 Å². The largest absolute Gasteiger partial charge is 0.380 e. The average Bonchev–Trinajstić information content (AvgIpc) is 2.96. The van der Waals surface area contributed by atoms with E-state index in [4.69, 9.17) is 21.1 Å². The highest BCUT2D eigenvalue weighted by Crippen LogP contribution is 2.38. The van der Waals surface area contributed by atoms with Gasteiger partial charge in [-0.1, -0.05) is 49.1 Å². The van der Waals surface area contributed by atoms with E-state index in [1.165, 1.54) is 21.9 Å². The molecule has 0 radical (unpaired) electrons. The number of rotatable bonds is 5. The quantitative estimate of drug-likeness (QED) is 0.509. The minimum Gasteiger partial charge on any atom is -0.380 e. The number of benzene rings is 1. The fraction of sp³-hybridized carbons (Fsp3) is 0.667. The number of hydrogen-bond donors (Lipinski definition) is 1. The minimum atomic E-state index is -1.39. The van der Waals surface area contributed by atoms with Crippen LogP contribution in [0.2, 0.25) is 5.02 Å². The molecule has 5 unspecified atom stereocenters. The van der Waals surface area contributed by atoms with Gasteiger partial charge < -0.3 is 19.3 Å². The molecule has 1 aromatic carbocycles. The number of nitrogens with one attached hydrogen (secondary N) is 1. The average molecular weight is 580 g/mol. The van der Waals surface area contributed by atoms with Crippen molar-refractivity contribution < 1.29 is 27.8 Å². The van der Waals surface area contributed by atoms with Crippen molar-refractivity contribution in [2.75, 3.05) is 26.9 Å². The van der Waals surface area contributed by atoms with Crippen LogP contribution in [0.4, 0.5) is 8.78 Å². The molecule has 1 aromatic rings. The molecule has 1 aliphatic carbocycles. The second-order valence-electron chi connectivity index (χ2n) is 11.7. The van der Waals surface area contributed by atoms with Crippen molar-refractivity contribution in [1.82, 2.24) is 15.1 Å². The highest BCUT2D eigenvalue weighted by atomic mass is 35.5. The number of piperidine rings is 1. The summed E-state index contributed by atoms with van der Waals surface area (Å²) in [7, 11) is 1.63. The molecule has 40 heavy (non-hydrogen) atoms. The topological polar surface area (TPSA) is 71.1 Å². The van der Waals surface area contributed by atoms with E-state index in [1.54, 1.807) is 13.2 Å². The van der Waals surface area contributed by atoms with Crippen LogP contribution in [0.15, 0.2) is 30.4 Å². The van der Waals surface area contributed by atoms with Gasteiger partial charge in [0, 0.05) is 31.5 Å². The standard InChI is InChI=1S/C30H40ClF2N3O4/c1-39-25-15-24(33)28(34-30(25)12-8-6-4-2-3-5-7-9-13-30)36-17-26(37)35(27(29(36)38)21-18-40-19-21)16-20-10-11-23(32)22(31)14-20/h4,6,10-11,14,21,24-25,27-28,34H,2-3,5,7-9,12-13,15-19H2,1H3/b6-4-. The van der Waals surface area contributed by atoms with Crippen LogP contribution in [0.1, 0.15) is 63.4 Å². The predicted molar refractivity (Wildman–Crippen MR) is 148 cm³/mol. The summed E-state index contributed by atoms with van der Waals surface area (Å²) >= 11 is 5.98. The van der Waals surface area contributed by atoms with Gasteiger partial charge in [0.2, 0.25) is 11.8 Å². The number of nitrogens with zero attached hydrogens (tertiary/aromatic N) is 2. The highest BCUT2D eigenvalue weighted by Gasteiger charge is 2.54. The van der Waals surface area contributed by atoms with Crippen molar-refractivity contribution in [1.29, 1.82) is 0 Å². The Morgan fingerprint density at radius 2 is 1.90 bits per heavy atom. The van der Waals surface area contributed by atoms with Gasteiger partial charge in [-0.2, -0.15) is 0 Å². The Bertz CT molecular complexity index is 1100. The first-order chi connectivity index (χ1) is 19.3. The van der Waals surface area contributed by atoms with Crippen LogP contribution in [0, 0.1) is 11.7 Å². The van der Waals surface area contributed by atoms with E-state index in [0.29, 0.717) is 18.8 Å². The summed E-state index contributed by atoms with van der Waals surface area (Å²) in [4.78, 5) is 30.7. The molecule has 4 aliphatic rings. The van der Waals surface area contributed by atoms with Crippen LogP contribution >= 0.6 is 11.6 Å². The zero-order chi connectivity index (χ0) is 28.3. The Morgan fingerprint density at radius 1 is 1.12 bits per heavy atom. The van der Waals surface area contributed by atoms with Gasteiger partial charge in [0.15, 0.2) is 0 Å². The molecule has 0 bridgehead atoms. The predicted octanol–water partition coefficient (Wildman–Crippen LogP) is 4.77. The molecular formula is C30H40ClF2N3O4. The monoisotopic (exact) mass is 579 g/mol. The van der Waals surface area contributed by atoms with Gasteiger partial charge in [0.1, 0.15) is 30.7 Å². The van der Waals surface area contributed by atoms with Crippen LogP contribution in [-0.2, 0) is 25.6 Å². The molecule has 2 amide bonds. The number of ether oxygens (including phenoxy) is 2. The molecular weight excluding hydrogens is 540 g/mol. The molecule has 0 saturated carbocycles. The van der Waals surface area contributed by atoms with Gasteiger partial charge in [-0.15, -0.1) is 0 Å². The van der Waals surface area contributed by atoms with Crippen molar-refractivity contribution in [3.05, 3.63) is 46.8 Å². The van der Waals surface area contributed by atoms with Crippen molar-refractivity contribution in [2.45, 2.75) is 94.4 Å². The molecule has 3 saturated heterocycles. The van der Waals surface area contributed by atoms with E-state index < -0.39 is 29.7 Å². The van der Waals surface area contributed by atoms with Crippen LogP contribution in [0.25, 0.3) is 0 Å². The molecule has 1 spiro atoms. The van der Waals surface area contributed by atoms with Gasteiger partial charge >= 0.3 is 0 Å². The number of carbonyl (C=O) groups excluding carboxylic acids is 2. The lowest BCUT2D eigenvalue weighted by molar-refractivity contribution is -0.177. The Hall–Kier alpha value is -2.07. The summed E-state index contributed by atoms with van der Waals surface area (Å²) < 4.78 is 40.9. The fourth-order valence-corrected chi connectivity index (χ4v) is 6.98. The van der Waals surface area contributed by atoms with Crippen molar-refractivity contribution >= 4 is 23.4 Å². The highest BCUT2D eigenvalue weighted by molar-refractivity contribution is 6.30. The maximum atomic E-state index is 15.9. The zero-order valence-electron chi connectivity index (χ0n) is 23.1. The number of methoxy groups -OCH3 is 1. The number of allylic oxidation sites excluding steroid dienone is 2. The lowest BCUT2D eigenvalue weighted by Crippen LogP contribution is -2.74. The van der Waals surface area contributed by atoms with E-state index in [9.17, 15) is 14.0 Å². The first-order valence-corrected chi connectivity index (χ1v) is 14.9. The van der Waals surface area contributed by atoms with E-state index in [-0.39, 0.29) is 48.4 Å². The van der Waals surface area contributed by atoms with Gasteiger partial charge in [-0.3, -0.25) is 14.9 Å². The number of piperazine rings is 1. The van der Waals surface area contributed by atoms with E-state index in [1.807, 2.05) is 0 Å². The Labute approximate surface area is 240 Å². The van der Waals surface area contributed by atoms with E-state index in [2.05, 4.69) is 17.5 Å². The van der Waals surface area contributed by atoms with Crippen molar-refractivity contribution in [3.8, 4) is 0 Å². The number of hydrogen-bond acceptors (Lipinski definition) is 5. The third-order valence-corrected chi connectivity index (χ3v) is 9.36. The molecule has 7 nitrogen and oxygen atoms in total. The molecule has 220 valence electrons. The summed E-state index contributed by atoms with van der Waals surface area (Å²) in [5.41, 5.74) is 0.120. The lowest BCUT2D eigenvalue weighted by atomic mass is 9.76. The first kappa shape index (κ1) is 29.4. The number of amides is 2. The first-order valence-electron chi connectivity index (χ1n) is 14.5. The normalized spacial score (nSPS) is 33.5. The summed E-state index contributed by atoms with van der Waals surface area (Å²) in [6.07, 6.45) is 9.79. The summed E-state index contributed by atoms with van der Waals surface area (Å²) in [6.45, 7) is 0.567. The van der Waals surface area contributed by atoms with Gasteiger partial charge in [-0.05, 0) is 49.8 Å². The van der Waals surface area contributed by atoms with E-state index >= 15 is 4.39 Å². The third kappa shape index (κ3) is 6.08. The van der Waals surface area contributed by atoms with Crippen LogP contribution in [-0.4, -0.2) is 78.5 Å². The molecule has 3 aliphatic heterocycles. The fourth-order valence-electron chi connectivity index (χ4n) is 6.78. The molecule has 5 rings (SSSR count). The van der Waals surface area contributed by atoms with Crippen LogP contribution in [0.3, 0.4) is 0 Å². The van der Waals surface area contributed by atoms with Crippen LogP contribution in [0.5, 0.6) is 0 Å². The second kappa shape index (κ2) is 12.8. The second-order valence-corrected chi connectivity index (χ2v) is 12.1. The van der Waals surface area contributed by atoms with Crippen LogP contribution < -0.4 is 5.32 Å². The van der Waals surface area contributed by atoms with Gasteiger partial charge in [0.05, 0.1) is 24.3 Å². The van der Waals surface area contributed by atoms with Gasteiger partial charge in [0.25, 0.3) is 0 Å². The molecule has 3 heterocycles. The minimum absolute atomic E-state index is 0.0423. The Balaban J connectivity index is 1.40. The third-order valence-electron chi connectivity index (χ3n) is 9.07. The Kier molecular flexibility index (Phi) is 9.45. The number of halogens is 3. The van der Waals surface area contributed by atoms with Gasteiger partial charge in [-0.25, -0.2) is 8.78 Å². The summed E-state index contributed by atoms with van der Waals surface area (Å²) in [5, 5.41) is 3.52. The molecule has 1 N–H and O–H groups in total. The number of alkyl halides is 1. The molecule has 0 aromatic heterocycles. The zero-order valence-corrected chi connectivity index (χ0v) is 23.9. The molecule has 10 heteroatoms. The van der Waals surface area contributed by atoms with Crippen molar-refractivity contribution in [3.63, 3.8) is 0 Å². The Morgan fingerprint density at radius 3 is 2.62 bits per heavy atom. The molecule has 5 atom stereocenters. The number of carbonyl (C=O) groups is 2. The maximum Gasteiger partial charge on any atom is 0.247 e. The summed E-state index contributed by atoms with van der Waals surface area (Å²) in [5.74, 6) is -1.31. The maximum absolute atomic E-state index is 15.9. The molecule has 3 fully saturated rings. The lowest BCUT2D eigenvalue weighted by Gasteiger charge is -2.54. The SMILES string of the molecule is COC1CC(F)C(N2CC(=O)N(Cc3ccc(F)c(Cl)c3)C(C3COC3)C2=O)NC12CC/C=C\CCCCCC2.